The van der Waals surface area contributed by atoms with Crippen LogP contribution in [-0.2, 0) is 0 Å². The van der Waals surface area contributed by atoms with E-state index in [0.29, 0.717) is 6.04 Å². The molecule has 0 radical (unpaired) electrons. The summed E-state index contributed by atoms with van der Waals surface area (Å²) in [7, 11) is 0. The Morgan fingerprint density at radius 1 is 1.29 bits per heavy atom. The Bertz CT molecular complexity index is 273. The number of nitrogens with one attached hydrogen (secondary N) is 1. The maximum absolute atomic E-state index is 3.51. The van der Waals surface area contributed by atoms with Crippen LogP contribution >= 0.6 is 11.8 Å². The molecule has 2 heteroatoms. The van der Waals surface area contributed by atoms with E-state index in [0.717, 1.165) is 13.0 Å². The fourth-order valence-corrected chi connectivity index (χ4v) is 2.34. The average Bonchev–Trinajstić information content (AvgIpc) is 2.26. The molecule has 1 N–H and O–H groups in total. The molecule has 0 saturated carbocycles. The Hall–Kier alpha value is -0.470. The summed E-state index contributed by atoms with van der Waals surface area (Å²) >= 11 is 1.82. The van der Waals surface area contributed by atoms with Crippen LogP contribution in [0.2, 0.25) is 0 Å². The molecule has 0 fully saturated rings. The van der Waals surface area contributed by atoms with Crippen LogP contribution in [-0.4, -0.2) is 12.8 Å². The molecule has 0 heterocycles. The monoisotopic (exact) mass is 209 g/mol. The van der Waals surface area contributed by atoms with Gasteiger partial charge in [0.15, 0.2) is 0 Å². The first kappa shape index (κ1) is 11.6. The molecule has 0 aliphatic carbocycles. The van der Waals surface area contributed by atoms with Crippen molar-refractivity contribution < 1.29 is 0 Å². The number of hydrogen-bond donors (Lipinski definition) is 1. The molecule has 0 saturated heterocycles. The second-order valence-electron chi connectivity index (χ2n) is 3.26. The summed E-state index contributed by atoms with van der Waals surface area (Å²) in [5.74, 6) is 0. The lowest BCUT2D eigenvalue weighted by atomic mass is 10.0. The molecule has 1 atom stereocenters. The van der Waals surface area contributed by atoms with Crippen molar-refractivity contribution in [2.45, 2.75) is 31.2 Å². The van der Waals surface area contributed by atoms with Crippen molar-refractivity contribution in [1.82, 2.24) is 5.32 Å². The van der Waals surface area contributed by atoms with Crippen LogP contribution in [0.1, 0.15) is 31.9 Å². The fourth-order valence-electron chi connectivity index (χ4n) is 1.67. The van der Waals surface area contributed by atoms with Crippen LogP contribution in [0.3, 0.4) is 0 Å². The molecule has 1 nitrogen and oxygen atoms in total. The SMILES string of the molecule is CCNC(CC)c1ccccc1SC. The average molecular weight is 209 g/mol. The highest BCUT2D eigenvalue weighted by atomic mass is 32.2. The van der Waals surface area contributed by atoms with E-state index in [2.05, 4.69) is 49.7 Å². The Kier molecular flexibility index (Phi) is 5.05. The molecule has 0 spiro atoms. The Labute approximate surface area is 91.3 Å². The highest BCUT2D eigenvalue weighted by Gasteiger charge is 2.10. The minimum atomic E-state index is 0.503. The standard InChI is InChI=1S/C12H19NS/c1-4-11(13-5-2)10-8-6-7-9-12(10)14-3/h6-9,11,13H,4-5H2,1-3H3. The van der Waals surface area contributed by atoms with Crippen molar-refractivity contribution in [3.8, 4) is 0 Å². The number of benzene rings is 1. The van der Waals surface area contributed by atoms with Gasteiger partial charge in [-0.1, -0.05) is 32.0 Å². The summed E-state index contributed by atoms with van der Waals surface area (Å²) in [4.78, 5) is 1.39. The zero-order chi connectivity index (χ0) is 10.4. The third-order valence-electron chi connectivity index (χ3n) is 2.37. The van der Waals surface area contributed by atoms with Crippen molar-refractivity contribution in [3.05, 3.63) is 29.8 Å². The molecule has 14 heavy (non-hydrogen) atoms. The van der Waals surface area contributed by atoms with Gasteiger partial charge in [0, 0.05) is 10.9 Å². The molecule has 0 aliphatic heterocycles. The van der Waals surface area contributed by atoms with Gasteiger partial charge in [0.1, 0.15) is 0 Å². The molecule has 1 rings (SSSR count). The van der Waals surface area contributed by atoms with Crippen LogP contribution in [0.5, 0.6) is 0 Å². The zero-order valence-electron chi connectivity index (χ0n) is 9.21. The molecule has 78 valence electrons. The van der Waals surface area contributed by atoms with E-state index in [1.54, 1.807) is 0 Å². The van der Waals surface area contributed by atoms with E-state index in [1.165, 1.54) is 10.5 Å². The maximum atomic E-state index is 3.51. The Morgan fingerprint density at radius 3 is 2.57 bits per heavy atom. The number of rotatable bonds is 5. The third kappa shape index (κ3) is 2.76. The second kappa shape index (κ2) is 6.10. The lowest BCUT2D eigenvalue weighted by molar-refractivity contribution is 0.530. The van der Waals surface area contributed by atoms with Crippen LogP contribution in [0.15, 0.2) is 29.2 Å². The van der Waals surface area contributed by atoms with E-state index in [1.807, 2.05) is 11.8 Å². The van der Waals surface area contributed by atoms with Crippen molar-refractivity contribution in [2.75, 3.05) is 12.8 Å². The van der Waals surface area contributed by atoms with Gasteiger partial charge in [0.25, 0.3) is 0 Å². The summed E-state index contributed by atoms with van der Waals surface area (Å²) in [5, 5.41) is 3.51. The minimum Gasteiger partial charge on any atom is -0.310 e. The van der Waals surface area contributed by atoms with Gasteiger partial charge in [-0.15, -0.1) is 11.8 Å². The van der Waals surface area contributed by atoms with Gasteiger partial charge < -0.3 is 5.32 Å². The van der Waals surface area contributed by atoms with Crippen molar-refractivity contribution in [2.24, 2.45) is 0 Å². The first-order chi connectivity index (χ1) is 6.83. The van der Waals surface area contributed by atoms with Gasteiger partial charge in [0.05, 0.1) is 0 Å². The largest absolute Gasteiger partial charge is 0.310 e. The van der Waals surface area contributed by atoms with Crippen molar-refractivity contribution >= 4 is 11.8 Å². The van der Waals surface area contributed by atoms with Gasteiger partial charge >= 0.3 is 0 Å². The van der Waals surface area contributed by atoms with Gasteiger partial charge in [-0.3, -0.25) is 0 Å². The molecule has 0 aromatic heterocycles. The van der Waals surface area contributed by atoms with Crippen molar-refractivity contribution in [1.29, 1.82) is 0 Å². The summed E-state index contributed by atoms with van der Waals surface area (Å²) in [6, 6.07) is 9.15. The van der Waals surface area contributed by atoms with Crippen LogP contribution in [0.4, 0.5) is 0 Å². The predicted molar refractivity (Wildman–Crippen MR) is 64.9 cm³/mol. The summed E-state index contributed by atoms with van der Waals surface area (Å²) in [6.07, 6.45) is 3.28. The maximum Gasteiger partial charge on any atom is 0.0328 e. The molecule has 1 aromatic carbocycles. The van der Waals surface area contributed by atoms with Crippen LogP contribution in [0, 0.1) is 0 Å². The van der Waals surface area contributed by atoms with E-state index in [-0.39, 0.29) is 0 Å². The predicted octanol–water partition coefficient (Wildman–Crippen LogP) is 3.47. The third-order valence-corrected chi connectivity index (χ3v) is 3.18. The topological polar surface area (TPSA) is 12.0 Å². The Balaban J connectivity index is 2.90. The van der Waals surface area contributed by atoms with Crippen molar-refractivity contribution in [3.63, 3.8) is 0 Å². The molecular weight excluding hydrogens is 190 g/mol. The lowest BCUT2D eigenvalue weighted by Crippen LogP contribution is -2.20. The molecule has 0 bridgehead atoms. The van der Waals surface area contributed by atoms with Gasteiger partial charge in [-0.25, -0.2) is 0 Å². The zero-order valence-corrected chi connectivity index (χ0v) is 10.0. The summed E-state index contributed by atoms with van der Waals surface area (Å²) in [5.41, 5.74) is 1.43. The van der Waals surface area contributed by atoms with Gasteiger partial charge in [0.2, 0.25) is 0 Å². The number of thioether (sulfide) groups is 1. The molecule has 0 amide bonds. The smallest absolute Gasteiger partial charge is 0.0328 e. The van der Waals surface area contributed by atoms with E-state index in [9.17, 15) is 0 Å². The van der Waals surface area contributed by atoms with Crippen LogP contribution in [0.25, 0.3) is 0 Å². The summed E-state index contributed by atoms with van der Waals surface area (Å²) < 4.78 is 0. The fraction of sp³-hybridized carbons (Fsp3) is 0.500. The normalized spacial score (nSPS) is 12.8. The molecule has 1 unspecified atom stereocenters. The molecule has 1 aromatic rings. The number of hydrogen-bond acceptors (Lipinski definition) is 2. The molecular formula is C12H19NS. The second-order valence-corrected chi connectivity index (χ2v) is 4.11. The Morgan fingerprint density at radius 2 is 2.00 bits per heavy atom. The molecule has 0 aliphatic rings. The van der Waals surface area contributed by atoms with E-state index in [4.69, 9.17) is 0 Å². The van der Waals surface area contributed by atoms with E-state index >= 15 is 0 Å². The lowest BCUT2D eigenvalue weighted by Gasteiger charge is -2.18. The van der Waals surface area contributed by atoms with Gasteiger partial charge in [-0.2, -0.15) is 0 Å². The van der Waals surface area contributed by atoms with Crippen LogP contribution < -0.4 is 5.32 Å². The summed E-state index contributed by atoms with van der Waals surface area (Å²) in [6.45, 7) is 5.41. The van der Waals surface area contributed by atoms with Gasteiger partial charge in [-0.05, 0) is 30.9 Å². The quantitative estimate of drug-likeness (QED) is 0.745. The highest BCUT2D eigenvalue weighted by Crippen LogP contribution is 2.27. The highest BCUT2D eigenvalue weighted by molar-refractivity contribution is 7.98. The minimum absolute atomic E-state index is 0.503. The first-order valence-corrected chi connectivity index (χ1v) is 6.42. The van der Waals surface area contributed by atoms with E-state index < -0.39 is 0 Å². The first-order valence-electron chi connectivity index (χ1n) is 5.19.